The van der Waals surface area contributed by atoms with Crippen LogP contribution in [0.2, 0.25) is 0 Å². The molecule has 92 heavy (non-hydrogen) atoms. The third-order valence-electron chi connectivity index (χ3n) is 14.4. The average Bonchev–Trinajstić information content (AvgIpc) is 0.853. The fourth-order valence-corrected chi connectivity index (χ4v) is 9.52. The molecule has 0 spiro atoms. The number of hydrogen-bond donors (Lipinski definition) is 15. The molecule has 3 fully saturated rings. The molecule has 6 amide bonds. The summed E-state index contributed by atoms with van der Waals surface area (Å²) < 4.78 is 78.5. The lowest BCUT2D eigenvalue weighted by Gasteiger charge is -2.42. The Morgan fingerprint density at radius 1 is 0.370 bits per heavy atom. The van der Waals surface area contributed by atoms with E-state index in [2.05, 4.69) is 31.9 Å². The fraction of sp³-hybridized carbons (Fsp3) is 0.895. The predicted octanol–water partition coefficient (Wildman–Crippen LogP) is -7.30. The molecule has 3 heterocycles. The van der Waals surface area contributed by atoms with E-state index in [1.807, 2.05) is 6.92 Å². The van der Waals surface area contributed by atoms with Crippen molar-refractivity contribution in [2.75, 3.05) is 165 Å². The monoisotopic (exact) mass is 1340 g/mol. The van der Waals surface area contributed by atoms with E-state index in [4.69, 9.17) is 66.3 Å². The first-order chi connectivity index (χ1) is 44.1. The minimum atomic E-state index is -1.43. The Hall–Kier alpha value is -4.10. The van der Waals surface area contributed by atoms with Gasteiger partial charge in [-0.05, 0) is 12.8 Å². The molecule has 3 saturated heterocycles. The zero-order valence-corrected chi connectivity index (χ0v) is 53.3. The molecule has 15 unspecified atom stereocenters. The van der Waals surface area contributed by atoms with Crippen molar-refractivity contribution < 1.29 is 141 Å². The molecular formula is C57H104N6O29. The second-order valence-corrected chi connectivity index (χ2v) is 22.3. The Balaban J connectivity index is 1.31. The van der Waals surface area contributed by atoms with Crippen LogP contribution < -0.4 is 31.9 Å². The first-order valence-corrected chi connectivity index (χ1v) is 31.1. The Morgan fingerprint density at radius 2 is 0.652 bits per heavy atom. The molecule has 536 valence electrons. The summed E-state index contributed by atoms with van der Waals surface area (Å²) in [4.78, 5) is 72.8. The number of aliphatic hydroxyl groups is 9. The van der Waals surface area contributed by atoms with E-state index in [1.54, 1.807) is 0 Å². The van der Waals surface area contributed by atoms with Gasteiger partial charge in [0.2, 0.25) is 35.4 Å². The molecule has 35 heteroatoms. The second kappa shape index (κ2) is 47.7. The number of carbonyl (C=O) groups is 6. The Morgan fingerprint density at radius 3 is 0.946 bits per heavy atom. The smallest absolute Gasteiger partial charge is 0.222 e. The van der Waals surface area contributed by atoms with Crippen molar-refractivity contribution in [3.63, 3.8) is 0 Å². The average molecular weight is 1340 g/mol. The lowest BCUT2D eigenvalue weighted by molar-refractivity contribution is -0.272. The van der Waals surface area contributed by atoms with Crippen molar-refractivity contribution in [3.05, 3.63) is 0 Å². The van der Waals surface area contributed by atoms with Gasteiger partial charge in [-0.25, -0.2) is 0 Å². The normalized spacial score (nSPS) is 27.2. The van der Waals surface area contributed by atoms with Crippen molar-refractivity contribution in [1.29, 1.82) is 0 Å². The van der Waals surface area contributed by atoms with Crippen LogP contribution in [-0.4, -0.2) is 338 Å². The van der Waals surface area contributed by atoms with Gasteiger partial charge in [0.05, 0.1) is 145 Å². The van der Waals surface area contributed by atoms with Gasteiger partial charge in [0.15, 0.2) is 18.9 Å². The molecule has 3 aliphatic heterocycles. The van der Waals surface area contributed by atoms with Gasteiger partial charge < -0.3 is 144 Å². The summed E-state index contributed by atoms with van der Waals surface area (Å²) in [5.74, 6) is -2.10. The molecule has 0 aromatic rings. The van der Waals surface area contributed by atoms with E-state index < -0.39 is 135 Å². The number of rotatable bonds is 51. The molecule has 15 N–H and O–H groups in total. The Bertz CT molecular complexity index is 1830. The number of ether oxygens (including phenoxy) is 14. The summed E-state index contributed by atoms with van der Waals surface area (Å²) in [5, 5.41) is 106. The van der Waals surface area contributed by atoms with Gasteiger partial charge in [0.25, 0.3) is 0 Å². The first kappa shape index (κ1) is 82.1. The summed E-state index contributed by atoms with van der Waals surface area (Å²) in [6.07, 6.45) is -13.2. The van der Waals surface area contributed by atoms with Crippen molar-refractivity contribution in [3.8, 4) is 0 Å². The van der Waals surface area contributed by atoms with E-state index in [0.717, 1.165) is 0 Å². The number of nitrogens with one attached hydrogen (secondary N) is 6. The van der Waals surface area contributed by atoms with Crippen LogP contribution in [0, 0.1) is 5.41 Å². The maximum Gasteiger partial charge on any atom is 0.222 e. The van der Waals surface area contributed by atoms with Gasteiger partial charge in [-0.1, -0.05) is 13.3 Å². The topological polar surface area (TPSA) is 486 Å². The molecule has 0 saturated carbocycles. The number of amides is 6. The van der Waals surface area contributed by atoms with E-state index in [0.29, 0.717) is 19.3 Å². The summed E-state index contributed by atoms with van der Waals surface area (Å²) in [6.45, 7) is 7.54. The number of hydrogen-bond acceptors (Lipinski definition) is 29. The second-order valence-electron chi connectivity index (χ2n) is 22.3. The highest BCUT2D eigenvalue weighted by Gasteiger charge is 2.48. The third-order valence-corrected chi connectivity index (χ3v) is 14.4. The van der Waals surface area contributed by atoms with E-state index >= 15 is 0 Å². The molecule has 3 aliphatic rings. The van der Waals surface area contributed by atoms with Crippen molar-refractivity contribution >= 4 is 35.4 Å². The van der Waals surface area contributed by atoms with Crippen LogP contribution in [0.5, 0.6) is 0 Å². The van der Waals surface area contributed by atoms with Crippen molar-refractivity contribution in [2.24, 2.45) is 5.41 Å². The van der Waals surface area contributed by atoms with E-state index in [-0.39, 0.29) is 182 Å². The van der Waals surface area contributed by atoms with Gasteiger partial charge in [0.1, 0.15) is 73.1 Å². The molecule has 35 nitrogen and oxygen atoms in total. The molecule has 3 rings (SSSR count). The number of aliphatic hydroxyl groups excluding tert-OH is 9. The highest BCUT2D eigenvalue weighted by molar-refractivity contribution is 5.77. The van der Waals surface area contributed by atoms with E-state index in [9.17, 15) is 74.7 Å². The maximum atomic E-state index is 12.7. The van der Waals surface area contributed by atoms with Crippen molar-refractivity contribution in [1.82, 2.24) is 31.9 Å². The first-order valence-electron chi connectivity index (χ1n) is 31.1. The Labute approximate surface area is 535 Å². The molecule has 0 aromatic heterocycles. The standard InChI is InChI=1S/C57H104N6O29/c1-36(67)61-45-51(76)48(73)39(31-64)90-54(45)87-28-25-82-22-19-79-16-11-58-42(70)7-5-6-10-57(4,34-85-14-8-43(71)59-12-17-80-20-23-83-26-29-88-55-46(62-37(2)68)52(77)49(74)40(32-65)91-55)35-86-15-9-44(72)60-13-18-81-21-24-84-27-30-89-56-47(63-38(3)69)53(78)50(75)41(33-66)92-56/h39-41,45-56,64-66,73-78H,5-35H2,1-4H3,(H,58,70)(H,59,71)(H,60,72)(H,61,67)(H,62,68)(H,63,69). The van der Waals surface area contributed by atoms with Gasteiger partial charge >= 0.3 is 0 Å². The zero-order valence-electron chi connectivity index (χ0n) is 53.3. The third kappa shape index (κ3) is 33.0. The molecule has 0 aromatic carbocycles. The minimum absolute atomic E-state index is 0.00538. The molecular weight excluding hydrogens is 1230 g/mol. The molecule has 15 atom stereocenters. The van der Waals surface area contributed by atoms with Crippen LogP contribution in [0.3, 0.4) is 0 Å². The maximum absolute atomic E-state index is 12.7. The van der Waals surface area contributed by atoms with E-state index in [1.165, 1.54) is 20.8 Å². The zero-order chi connectivity index (χ0) is 67.7. The largest absolute Gasteiger partial charge is 0.394 e. The van der Waals surface area contributed by atoms with Crippen LogP contribution in [-0.2, 0) is 95.1 Å². The minimum Gasteiger partial charge on any atom is -0.394 e. The summed E-state index contributed by atoms with van der Waals surface area (Å²) >= 11 is 0. The highest BCUT2D eigenvalue weighted by Crippen LogP contribution is 2.27. The van der Waals surface area contributed by atoms with Gasteiger partial charge in [0, 0.05) is 65.1 Å². The Kier molecular flexibility index (Phi) is 42.6. The predicted molar refractivity (Wildman–Crippen MR) is 315 cm³/mol. The summed E-state index contributed by atoms with van der Waals surface area (Å²) in [6, 6.07) is -3.20. The lowest BCUT2D eigenvalue weighted by atomic mass is 9.86. The van der Waals surface area contributed by atoms with Crippen LogP contribution in [0.15, 0.2) is 0 Å². The fourth-order valence-electron chi connectivity index (χ4n) is 9.52. The van der Waals surface area contributed by atoms with Crippen LogP contribution in [0.25, 0.3) is 0 Å². The van der Waals surface area contributed by atoms with Crippen LogP contribution in [0.1, 0.15) is 66.2 Å². The molecule has 0 aliphatic carbocycles. The number of unbranched alkanes of at least 4 members (excludes halogenated alkanes) is 1. The van der Waals surface area contributed by atoms with Gasteiger partial charge in [-0.2, -0.15) is 0 Å². The summed E-state index contributed by atoms with van der Waals surface area (Å²) in [5.41, 5.74) is -0.551. The molecule has 0 bridgehead atoms. The van der Waals surface area contributed by atoms with Gasteiger partial charge in [-0.15, -0.1) is 0 Å². The van der Waals surface area contributed by atoms with Crippen LogP contribution >= 0.6 is 0 Å². The molecule has 0 radical (unpaired) electrons. The summed E-state index contributed by atoms with van der Waals surface area (Å²) in [7, 11) is 0. The quantitative estimate of drug-likeness (QED) is 0.0252. The number of carbonyl (C=O) groups excluding carboxylic acids is 6. The van der Waals surface area contributed by atoms with Gasteiger partial charge in [-0.3, -0.25) is 28.8 Å². The lowest BCUT2D eigenvalue weighted by Crippen LogP contribution is -2.64. The van der Waals surface area contributed by atoms with Crippen molar-refractivity contribution in [2.45, 2.75) is 158 Å². The SMILES string of the molecule is CC(=O)NC1C(OCCOCCOCCNC(=O)CCCCC(C)(COCCC(=O)NCCOCCOCCOC2OC(CO)C(O)C(O)C2NC(C)=O)COCCC(=O)NCCOCCOCCOC2OC(CO)C(O)C(O)C2NC(C)=O)OC(CO)C(O)C1O. The van der Waals surface area contributed by atoms with Crippen LogP contribution in [0.4, 0.5) is 0 Å². The highest BCUT2D eigenvalue weighted by atomic mass is 16.7.